The second kappa shape index (κ2) is 11.3. The van der Waals surface area contributed by atoms with Gasteiger partial charge in [0.05, 0.1) is 11.4 Å². The molecule has 0 spiro atoms. The summed E-state index contributed by atoms with van der Waals surface area (Å²) in [5, 5.41) is 2.98. The molecule has 0 aromatic heterocycles. The van der Waals surface area contributed by atoms with Gasteiger partial charge in [-0.25, -0.2) is 0 Å². The van der Waals surface area contributed by atoms with Gasteiger partial charge in [-0.15, -0.1) is 0 Å². The van der Waals surface area contributed by atoms with E-state index in [-0.39, 0.29) is 11.8 Å². The number of ether oxygens (including phenoxy) is 2. The van der Waals surface area contributed by atoms with Crippen LogP contribution in [0.25, 0.3) is 0 Å². The second-order valence-corrected chi connectivity index (χ2v) is 11.0. The molecule has 212 valence electrons. The van der Waals surface area contributed by atoms with E-state index < -0.39 is 5.92 Å². The predicted octanol–water partition coefficient (Wildman–Crippen LogP) is 3.76. The van der Waals surface area contributed by atoms with Gasteiger partial charge < -0.3 is 24.6 Å². The van der Waals surface area contributed by atoms with Crippen molar-refractivity contribution in [3.8, 4) is 11.5 Å². The molecular weight excluding hydrogens is 518 g/mol. The maximum atomic E-state index is 13.5. The van der Waals surface area contributed by atoms with Crippen LogP contribution in [0.4, 0.5) is 11.4 Å². The molecule has 0 saturated carbocycles. The summed E-state index contributed by atoms with van der Waals surface area (Å²) in [6.07, 6.45) is 0. The van der Waals surface area contributed by atoms with Crippen molar-refractivity contribution in [2.75, 3.05) is 65.9 Å². The van der Waals surface area contributed by atoms with Gasteiger partial charge in [-0.2, -0.15) is 0 Å². The summed E-state index contributed by atoms with van der Waals surface area (Å²) in [4.78, 5) is 37.4. The summed E-state index contributed by atoms with van der Waals surface area (Å²) in [7, 11) is 5.58. The van der Waals surface area contributed by atoms with Crippen LogP contribution in [0.1, 0.15) is 33.0 Å². The fourth-order valence-corrected chi connectivity index (χ4v) is 5.50. The number of piperazine rings is 1. The summed E-state index contributed by atoms with van der Waals surface area (Å²) in [6, 6.07) is 19.3. The van der Waals surface area contributed by atoms with E-state index in [4.69, 9.17) is 14.5 Å². The molecule has 3 aromatic rings. The number of carbonyl (C=O) groups excluding carboxylic acids is 2. The minimum Gasteiger partial charge on any atom is -0.486 e. The highest BCUT2D eigenvalue weighted by atomic mass is 16.6. The fraction of sp³-hybridized carbons (Fsp3) is 0.344. The lowest BCUT2D eigenvalue weighted by atomic mass is 9.90. The molecule has 0 aliphatic carbocycles. The Morgan fingerprint density at radius 3 is 2.37 bits per heavy atom. The number of nitrogens with one attached hydrogen (secondary N) is 1. The van der Waals surface area contributed by atoms with Gasteiger partial charge in [0.1, 0.15) is 19.1 Å². The summed E-state index contributed by atoms with van der Waals surface area (Å²) < 4.78 is 11.6. The summed E-state index contributed by atoms with van der Waals surface area (Å²) in [5.41, 5.74) is 5.30. The number of fused-ring (bicyclic) bond motifs is 2. The molecule has 1 fully saturated rings. The highest BCUT2D eigenvalue weighted by molar-refractivity contribution is 6.24. The average molecular weight is 554 g/mol. The smallest absolute Gasteiger partial charge is 0.253 e. The van der Waals surface area contributed by atoms with E-state index in [0.29, 0.717) is 41.7 Å². The molecule has 1 saturated heterocycles. The first kappa shape index (κ1) is 27.0. The van der Waals surface area contributed by atoms with E-state index in [2.05, 4.69) is 34.3 Å². The predicted molar refractivity (Wildman–Crippen MR) is 159 cm³/mol. The Bertz CT molecular complexity index is 1490. The number of hydrogen-bond acceptors (Lipinski definition) is 7. The van der Waals surface area contributed by atoms with E-state index in [9.17, 15) is 9.59 Å². The van der Waals surface area contributed by atoms with E-state index in [0.717, 1.165) is 49.5 Å². The molecule has 3 aliphatic rings. The number of hydrogen-bond donors (Lipinski definition) is 1. The minimum absolute atomic E-state index is 0.122. The maximum Gasteiger partial charge on any atom is 0.253 e. The number of benzene rings is 3. The number of carbonyl (C=O) groups is 2. The first-order valence-electron chi connectivity index (χ1n) is 14.0. The van der Waals surface area contributed by atoms with Gasteiger partial charge in [-0.1, -0.05) is 18.2 Å². The maximum absolute atomic E-state index is 13.5. The van der Waals surface area contributed by atoms with E-state index in [1.165, 1.54) is 10.5 Å². The highest BCUT2D eigenvalue weighted by Gasteiger charge is 2.36. The first-order valence-corrected chi connectivity index (χ1v) is 14.0. The first-order chi connectivity index (χ1) is 19.9. The quantitative estimate of drug-likeness (QED) is 0.468. The molecule has 1 N–H and O–H groups in total. The van der Waals surface area contributed by atoms with Gasteiger partial charge in [-0.3, -0.25) is 19.5 Å². The van der Waals surface area contributed by atoms with Gasteiger partial charge in [0, 0.05) is 63.6 Å². The average Bonchev–Trinajstić information content (AvgIpc) is 3.31. The summed E-state index contributed by atoms with van der Waals surface area (Å²) in [5.74, 6) is 0.351. The van der Waals surface area contributed by atoms with Crippen LogP contribution in [0.3, 0.4) is 0 Å². The molecule has 0 bridgehead atoms. The Morgan fingerprint density at radius 1 is 0.927 bits per heavy atom. The molecule has 6 rings (SSSR count). The zero-order valence-electron chi connectivity index (χ0n) is 23.7. The normalized spacial score (nSPS) is 19.0. The van der Waals surface area contributed by atoms with Crippen molar-refractivity contribution in [1.29, 1.82) is 0 Å². The Kier molecular flexibility index (Phi) is 7.47. The molecule has 3 aliphatic heterocycles. The monoisotopic (exact) mass is 553 g/mol. The van der Waals surface area contributed by atoms with Crippen LogP contribution in [0.2, 0.25) is 0 Å². The third kappa shape index (κ3) is 5.68. The lowest BCUT2D eigenvalue weighted by Gasteiger charge is -2.32. The number of rotatable bonds is 6. The standard InChI is InChI=1S/C32H35N5O4/c1-35(2)32(39)23-6-10-25-26(18-23)34-31(38)29(25)30(22-7-11-27-28(19-22)41-17-16-40-27)33-24-8-4-21(5-9-24)20-37-14-12-36(3)13-15-37/h4-11,18-19,29H,12-17,20H2,1-3H3,(H,34,38). The van der Waals surface area contributed by atoms with Crippen LogP contribution in [-0.4, -0.2) is 92.8 Å². The van der Waals surface area contributed by atoms with Crippen LogP contribution in [0.15, 0.2) is 65.7 Å². The van der Waals surface area contributed by atoms with E-state index >= 15 is 0 Å². The van der Waals surface area contributed by atoms with Gasteiger partial charge >= 0.3 is 0 Å². The SMILES string of the molecule is CN1CCN(Cc2ccc(N=C(c3ccc4c(c3)OCCO4)C3C(=O)Nc4cc(C(=O)N(C)C)ccc43)cc2)CC1. The molecule has 9 nitrogen and oxygen atoms in total. The Balaban J connectivity index is 1.35. The van der Waals surface area contributed by atoms with Crippen molar-refractivity contribution >= 4 is 28.9 Å². The third-order valence-electron chi connectivity index (χ3n) is 7.84. The Morgan fingerprint density at radius 2 is 1.63 bits per heavy atom. The zero-order chi connectivity index (χ0) is 28.5. The number of nitrogens with zero attached hydrogens (tertiary/aromatic N) is 4. The van der Waals surface area contributed by atoms with Crippen molar-refractivity contribution in [3.05, 3.63) is 82.9 Å². The number of aliphatic imine (C=N–C) groups is 1. The highest BCUT2D eigenvalue weighted by Crippen LogP contribution is 2.39. The molecule has 1 unspecified atom stereocenters. The van der Waals surface area contributed by atoms with Gasteiger partial charge in [0.25, 0.3) is 5.91 Å². The molecular formula is C32H35N5O4. The van der Waals surface area contributed by atoms with Crippen molar-refractivity contribution < 1.29 is 19.1 Å². The zero-order valence-corrected chi connectivity index (χ0v) is 23.7. The number of likely N-dealkylation sites (N-methyl/N-ethyl adjacent to an activating group) is 1. The summed E-state index contributed by atoms with van der Waals surface area (Å²) in [6.45, 7) is 6.14. The topological polar surface area (TPSA) is 86.7 Å². The van der Waals surface area contributed by atoms with E-state index in [1.54, 1.807) is 26.2 Å². The second-order valence-electron chi connectivity index (χ2n) is 11.0. The summed E-state index contributed by atoms with van der Waals surface area (Å²) >= 11 is 0. The lowest BCUT2D eigenvalue weighted by Crippen LogP contribution is -2.43. The lowest BCUT2D eigenvalue weighted by molar-refractivity contribution is -0.115. The fourth-order valence-electron chi connectivity index (χ4n) is 5.50. The molecule has 0 radical (unpaired) electrons. The van der Waals surface area contributed by atoms with E-state index in [1.807, 2.05) is 36.4 Å². The molecule has 9 heteroatoms. The van der Waals surface area contributed by atoms with Gasteiger partial charge in [-0.05, 0) is 60.6 Å². The number of amides is 2. The largest absolute Gasteiger partial charge is 0.486 e. The molecule has 2 amide bonds. The molecule has 41 heavy (non-hydrogen) atoms. The van der Waals surface area contributed by atoms with Gasteiger partial charge in [0.2, 0.25) is 5.91 Å². The van der Waals surface area contributed by atoms with Crippen molar-refractivity contribution in [2.24, 2.45) is 4.99 Å². The molecule has 3 heterocycles. The Hall–Kier alpha value is -4.21. The third-order valence-corrected chi connectivity index (χ3v) is 7.84. The van der Waals surface area contributed by atoms with Crippen LogP contribution >= 0.6 is 0 Å². The number of anilines is 1. The van der Waals surface area contributed by atoms with Crippen molar-refractivity contribution in [3.63, 3.8) is 0 Å². The van der Waals surface area contributed by atoms with Crippen LogP contribution in [0, 0.1) is 0 Å². The minimum atomic E-state index is -0.652. The van der Waals surface area contributed by atoms with Crippen LogP contribution in [0.5, 0.6) is 11.5 Å². The van der Waals surface area contributed by atoms with Gasteiger partial charge in [0.15, 0.2) is 11.5 Å². The van der Waals surface area contributed by atoms with Crippen molar-refractivity contribution in [2.45, 2.75) is 12.5 Å². The Labute approximate surface area is 240 Å². The molecule has 1 atom stereocenters. The van der Waals surface area contributed by atoms with Crippen LogP contribution in [-0.2, 0) is 11.3 Å². The van der Waals surface area contributed by atoms with Crippen molar-refractivity contribution in [1.82, 2.24) is 14.7 Å². The molecule has 3 aromatic carbocycles. The van der Waals surface area contributed by atoms with Crippen LogP contribution < -0.4 is 14.8 Å².